The molecule has 2 rings (SSSR count). The number of aromatic nitrogens is 2. The van der Waals surface area contributed by atoms with Crippen LogP contribution in [0.1, 0.15) is 31.5 Å². The van der Waals surface area contributed by atoms with Crippen LogP contribution in [-0.2, 0) is 4.74 Å². The van der Waals surface area contributed by atoms with E-state index in [4.69, 9.17) is 9.47 Å². The maximum absolute atomic E-state index is 5.45. The molecule has 1 heterocycles. The highest BCUT2D eigenvalue weighted by atomic mass is 16.5. The van der Waals surface area contributed by atoms with Crippen LogP contribution in [0.2, 0.25) is 0 Å². The molecule has 5 heteroatoms. The zero-order chi connectivity index (χ0) is 12.1. The predicted octanol–water partition coefficient (Wildman–Crippen LogP) is 1.81. The fourth-order valence-corrected chi connectivity index (χ4v) is 1.56. The summed E-state index contributed by atoms with van der Waals surface area (Å²) in [6.07, 6.45) is 2.38. The van der Waals surface area contributed by atoms with Crippen molar-refractivity contribution in [2.45, 2.75) is 25.7 Å². The first-order valence-corrected chi connectivity index (χ1v) is 6.08. The van der Waals surface area contributed by atoms with Crippen molar-refractivity contribution in [3.63, 3.8) is 0 Å². The van der Waals surface area contributed by atoms with Crippen molar-refractivity contribution in [2.24, 2.45) is 0 Å². The quantitative estimate of drug-likeness (QED) is 0.733. The van der Waals surface area contributed by atoms with E-state index in [1.54, 1.807) is 7.11 Å². The maximum atomic E-state index is 5.45. The molecule has 1 aromatic rings. The van der Waals surface area contributed by atoms with E-state index in [1.807, 2.05) is 13.0 Å². The van der Waals surface area contributed by atoms with Gasteiger partial charge >= 0.3 is 0 Å². The second-order valence-electron chi connectivity index (χ2n) is 4.08. The van der Waals surface area contributed by atoms with Gasteiger partial charge in [-0.1, -0.05) is 0 Å². The Bertz CT molecular complexity index is 367. The molecule has 1 saturated carbocycles. The molecule has 1 fully saturated rings. The van der Waals surface area contributed by atoms with Crippen molar-refractivity contribution >= 4 is 5.82 Å². The lowest BCUT2D eigenvalue weighted by Crippen LogP contribution is -2.10. The molecule has 0 atom stereocenters. The fraction of sp³-hybridized carbons (Fsp3) is 0.667. The molecule has 1 aliphatic rings. The number of anilines is 1. The lowest BCUT2D eigenvalue weighted by molar-refractivity contribution is 0.210. The lowest BCUT2D eigenvalue weighted by atomic mass is 10.4. The monoisotopic (exact) mass is 237 g/mol. The van der Waals surface area contributed by atoms with Crippen molar-refractivity contribution in [1.29, 1.82) is 0 Å². The van der Waals surface area contributed by atoms with Crippen molar-refractivity contribution < 1.29 is 9.47 Å². The van der Waals surface area contributed by atoms with Crippen molar-refractivity contribution in [3.05, 3.63) is 11.9 Å². The summed E-state index contributed by atoms with van der Waals surface area (Å²) in [4.78, 5) is 8.90. The third kappa shape index (κ3) is 3.56. The predicted molar refractivity (Wildman–Crippen MR) is 65.5 cm³/mol. The van der Waals surface area contributed by atoms with Crippen molar-refractivity contribution in [3.8, 4) is 5.88 Å². The molecule has 0 saturated heterocycles. The molecule has 1 aromatic heterocycles. The second-order valence-corrected chi connectivity index (χ2v) is 4.08. The smallest absolute Gasteiger partial charge is 0.218 e. The van der Waals surface area contributed by atoms with E-state index in [0.717, 1.165) is 18.2 Å². The number of nitrogens with zero attached hydrogens (tertiary/aromatic N) is 2. The normalized spacial score (nSPS) is 14.7. The Kier molecular flexibility index (Phi) is 4.14. The van der Waals surface area contributed by atoms with E-state index in [-0.39, 0.29) is 0 Å². The van der Waals surface area contributed by atoms with Gasteiger partial charge in [0.2, 0.25) is 5.88 Å². The summed E-state index contributed by atoms with van der Waals surface area (Å²) in [6, 6.07) is 1.84. The maximum Gasteiger partial charge on any atom is 0.218 e. The summed E-state index contributed by atoms with van der Waals surface area (Å²) in [5.74, 6) is 2.90. The summed E-state index contributed by atoms with van der Waals surface area (Å²) in [6.45, 7) is 3.98. The largest absolute Gasteiger partial charge is 0.478 e. The Labute approximate surface area is 102 Å². The molecule has 17 heavy (non-hydrogen) atoms. The van der Waals surface area contributed by atoms with Gasteiger partial charge in [-0.25, -0.2) is 4.98 Å². The van der Waals surface area contributed by atoms with E-state index in [9.17, 15) is 0 Å². The van der Waals surface area contributed by atoms with Gasteiger partial charge in [-0.2, -0.15) is 4.98 Å². The summed E-state index contributed by atoms with van der Waals surface area (Å²) in [5, 5.41) is 3.21. The van der Waals surface area contributed by atoms with E-state index in [1.165, 1.54) is 12.8 Å². The highest BCUT2D eigenvalue weighted by Crippen LogP contribution is 2.39. The van der Waals surface area contributed by atoms with Crippen molar-refractivity contribution in [2.75, 3.05) is 32.2 Å². The van der Waals surface area contributed by atoms with Gasteiger partial charge in [0.15, 0.2) is 0 Å². The molecular formula is C12H19N3O2. The molecule has 1 aliphatic carbocycles. The van der Waals surface area contributed by atoms with Gasteiger partial charge in [0, 0.05) is 25.6 Å². The number of nitrogens with one attached hydrogen (secondary N) is 1. The van der Waals surface area contributed by atoms with Crippen LogP contribution in [0.15, 0.2) is 6.07 Å². The minimum Gasteiger partial charge on any atom is -0.478 e. The molecule has 5 nitrogen and oxygen atoms in total. The first-order chi connectivity index (χ1) is 8.33. The third-order valence-electron chi connectivity index (χ3n) is 2.57. The fourth-order valence-electron chi connectivity index (χ4n) is 1.56. The molecular weight excluding hydrogens is 218 g/mol. The third-order valence-corrected chi connectivity index (χ3v) is 2.57. The van der Waals surface area contributed by atoms with Gasteiger partial charge in [-0.3, -0.25) is 0 Å². The van der Waals surface area contributed by atoms with Crippen LogP contribution in [0, 0.1) is 0 Å². The first kappa shape index (κ1) is 12.1. The number of rotatable bonds is 7. The average molecular weight is 237 g/mol. The minimum absolute atomic E-state index is 0.526. The molecule has 1 N–H and O–H groups in total. The number of hydrogen-bond acceptors (Lipinski definition) is 5. The van der Waals surface area contributed by atoms with Gasteiger partial charge in [-0.05, 0) is 19.8 Å². The van der Waals surface area contributed by atoms with Crippen LogP contribution in [0.5, 0.6) is 5.88 Å². The van der Waals surface area contributed by atoms with Gasteiger partial charge in [-0.15, -0.1) is 0 Å². The molecule has 0 radical (unpaired) electrons. The Morgan fingerprint density at radius 2 is 2.24 bits per heavy atom. The molecule has 0 unspecified atom stereocenters. The van der Waals surface area contributed by atoms with Crippen LogP contribution in [0.25, 0.3) is 0 Å². The average Bonchev–Trinajstić information content (AvgIpc) is 3.13. The van der Waals surface area contributed by atoms with Crippen LogP contribution in [-0.4, -0.2) is 36.8 Å². The minimum atomic E-state index is 0.526. The van der Waals surface area contributed by atoms with Gasteiger partial charge in [0.25, 0.3) is 0 Å². The highest BCUT2D eigenvalue weighted by Gasteiger charge is 2.27. The van der Waals surface area contributed by atoms with Gasteiger partial charge < -0.3 is 14.8 Å². The van der Waals surface area contributed by atoms with E-state index >= 15 is 0 Å². The summed E-state index contributed by atoms with van der Waals surface area (Å²) in [7, 11) is 1.68. The Morgan fingerprint density at radius 1 is 1.41 bits per heavy atom. The number of hydrogen-bond donors (Lipinski definition) is 1. The van der Waals surface area contributed by atoms with Crippen LogP contribution in [0.4, 0.5) is 5.82 Å². The first-order valence-electron chi connectivity index (χ1n) is 6.08. The SMILES string of the molecule is CCOc1cc(NCCOC)nc(C2CC2)n1. The Hall–Kier alpha value is -1.36. The van der Waals surface area contributed by atoms with E-state index in [2.05, 4.69) is 15.3 Å². The highest BCUT2D eigenvalue weighted by molar-refractivity contribution is 5.39. The lowest BCUT2D eigenvalue weighted by Gasteiger charge is -2.09. The second kappa shape index (κ2) is 5.82. The molecule has 0 bridgehead atoms. The van der Waals surface area contributed by atoms with Crippen LogP contribution in [0.3, 0.4) is 0 Å². The van der Waals surface area contributed by atoms with Gasteiger partial charge in [0.05, 0.1) is 13.2 Å². The molecule has 0 spiro atoms. The molecule has 0 aliphatic heterocycles. The Morgan fingerprint density at radius 3 is 2.88 bits per heavy atom. The van der Waals surface area contributed by atoms with Crippen molar-refractivity contribution in [1.82, 2.24) is 9.97 Å². The van der Waals surface area contributed by atoms with Crippen LogP contribution < -0.4 is 10.1 Å². The molecule has 0 aromatic carbocycles. The Balaban J connectivity index is 2.06. The number of ether oxygens (including phenoxy) is 2. The molecule has 94 valence electrons. The van der Waals surface area contributed by atoms with Gasteiger partial charge in [0.1, 0.15) is 11.6 Å². The van der Waals surface area contributed by atoms with E-state index in [0.29, 0.717) is 25.0 Å². The number of methoxy groups -OCH3 is 1. The standard InChI is InChI=1S/C12H19N3O2/c1-3-17-11-8-10(13-6-7-16-2)14-12(15-11)9-4-5-9/h8-9H,3-7H2,1-2H3,(H,13,14,15). The zero-order valence-electron chi connectivity index (χ0n) is 10.4. The summed E-state index contributed by atoms with van der Waals surface area (Å²) in [5.41, 5.74) is 0. The molecule has 0 amide bonds. The van der Waals surface area contributed by atoms with E-state index < -0.39 is 0 Å². The topological polar surface area (TPSA) is 56.3 Å². The zero-order valence-corrected chi connectivity index (χ0v) is 10.4. The summed E-state index contributed by atoms with van der Waals surface area (Å²) < 4.78 is 10.4. The summed E-state index contributed by atoms with van der Waals surface area (Å²) >= 11 is 0. The van der Waals surface area contributed by atoms with Crippen LogP contribution >= 0.6 is 0 Å².